The van der Waals surface area contributed by atoms with Crippen LogP contribution in [-0.4, -0.2) is 27.1 Å². The molecule has 0 unspecified atom stereocenters. The Hall–Kier alpha value is -1.37. The molecule has 5 heteroatoms. The van der Waals surface area contributed by atoms with Crippen LogP contribution < -0.4 is 0 Å². The fourth-order valence-corrected chi connectivity index (χ4v) is 3.15. The highest BCUT2D eigenvalue weighted by Crippen LogP contribution is 2.20. The Morgan fingerprint density at radius 3 is 2.67 bits per heavy atom. The summed E-state index contributed by atoms with van der Waals surface area (Å²) in [6.07, 6.45) is 0.941. The molecule has 1 amide bonds. The van der Waals surface area contributed by atoms with Crippen molar-refractivity contribution in [3.63, 3.8) is 0 Å². The minimum Gasteiger partial charge on any atom is -0.336 e. The van der Waals surface area contributed by atoms with Crippen molar-refractivity contribution in [3.05, 3.63) is 50.4 Å². The van der Waals surface area contributed by atoms with E-state index in [1.165, 1.54) is 11.1 Å². The van der Waals surface area contributed by atoms with E-state index < -0.39 is 0 Å². The molecule has 3 rings (SSSR count). The predicted molar refractivity (Wildman–Crippen MR) is 90.0 cm³/mol. The van der Waals surface area contributed by atoms with Gasteiger partial charge in [-0.15, -0.1) is 0 Å². The van der Waals surface area contributed by atoms with Gasteiger partial charge in [-0.25, -0.2) is 0 Å². The molecule has 0 N–H and O–H groups in total. The number of hydrogen-bond acceptors (Lipinski definition) is 2. The third-order valence-electron chi connectivity index (χ3n) is 4.06. The molecule has 1 aromatic carbocycles. The van der Waals surface area contributed by atoms with Gasteiger partial charge in [0.05, 0.1) is 9.26 Å². The molecule has 21 heavy (non-hydrogen) atoms. The number of nitrogens with zero attached hydrogens (tertiary/aromatic N) is 3. The summed E-state index contributed by atoms with van der Waals surface area (Å²) in [5.41, 5.74) is 4.69. The number of aromatic nitrogens is 2. The van der Waals surface area contributed by atoms with Gasteiger partial charge >= 0.3 is 0 Å². The molecule has 110 valence electrons. The Bertz CT molecular complexity index is 693. The van der Waals surface area contributed by atoms with Crippen molar-refractivity contribution in [1.82, 2.24) is 14.7 Å². The zero-order chi connectivity index (χ0) is 15.0. The van der Waals surface area contributed by atoms with E-state index >= 15 is 0 Å². The van der Waals surface area contributed by atoms with Crippen molar-refractivity contribution in [2.45, 2.75) is 33.4 Å². The van der Waals surface area contributed by atoms with Gasteiger partial charge in [0.15, 0.2) is 0 Å². The fraction of sp³-hybridized carbons (Fsp3) is 0.375. The van der Waals surface area contributed by atoms with Crippen LogP contribution in [0, 0.1) is 17.4 Å². The molecule has 0 atom stereocenters. The van der Waals surface area contributed by atoms with E-state index in [4.69, 9.17) is 0 Å². The zero-order valence-electron chi connectivity index (χ0n) is 12.3. The van der Waals surface area contributed by atoms with Crippen molar-refractivity contribution >= 4 is 28.5 Å². The zero-order valence-corrected chi connectivity index (χ0v) is 14.4. The number of benzene rings is 1. The van der Waals surface area contributed by atoms with Crippen LogP contribution in [0.15, 0.2) is 24.3 Å². The summed E-state index contributed by atoms with van der Waals surface area (Å²) in [6.45, 7) is 5.84. The minimum atomic E-state index is 0.145. The Morgan fingerprint density at radius 1 is 1.29 bits per heavy atom. The average molecular weight is 395 g/mol. The van der Waals surface area contributed by atoms with Crippen molar-refractivity contribution < 1.29 is 4.79 Å². The summed E-state index contributed by atoms with van der Waals surface area (Å²) in [4.78, 5) is 14.4. The van der Waals surface area contributed by atoms with Crippen LogP contribution in [0.1, 0.15) is 22.5 Å². The van der Waals surface area contributed by atoms with Gasteiger partial charge in [-0.2, -0.15) is 5.10 Å². The molecule has 4 nitrogen and oxygen atoms in total. The molecule has 0 spiro atoms. The Kier molecular flexibility index (Phi) is 4.01. The first-order valence-corrected chi connectivity index (χ1v) is 8.18. The monoisotopic (exact) mass is 395 g/mol. The first-order chi connectivity index (χ1) is 10.1. The molecular weight excluding hydrogens is 377 g/mol. The number of fused-ring (bicyclic) bond motifs is 1. The quantitative estimate of drug-likeness (QED) is 0.734. The lowest BCUT2D eigenvalue weighted by Gasteiger charge is -2.29. The third kappa shape index (κ3) is 2.84. The summed E-state index contributed by atoms with van der Waals surface area (Å²) in [5.74, 6) is 0.145. The predicted octanol–water partition coefficient (Wildman–Crippen LogP) is 2.69. The maximum atomic E-state index is 12.5. The molecule has 0 fully saturated rings. The Balaban J connectivity index is 1.74. The van der Waals surface area contributed by atoms with Gasteiger partial charge in [-0.3, -0.25) is 9.48 Å². The first-order valence-electron chi connectivity index (χ1n) is 7.10. The smallest absolute Gasteiger partial charge is 0.244 e. The molecular formula is C16H18IN3O. The second-order valence-corrected chi connectivity index (χ2v) is 6.56. The highest BCUT2D eigenvalue weighted by atomic mass is 127. The molecule has 0 saturated carbocycles. The van der Waals surface area contributed by atoms with Gasteiger partial charge in [0.2, 0.25) is 5.91 Å². The highest BCUT2D eigenvalue weighted by Gasteiger charge is 2.21. The van der Waals surface area contributed by atoms with E-state index in [0.29, 0.717) is 13.1 Å². The average Bonchev–Trinajstić information content (AvgIpc) is 2.74. The van der Waals surface area contributed by atoms with Crippen molar-refractivity contribution in [1.29, 1.82) is 0 Å². The minimum absolute atomic E-state index is 0.145. The largest absolute Gasteiger partial charge is 0.336 e. The topological polar surface area (TPSA) is 38.1 Å². The summed E-state index contributed by atoms with van der Waals surface area (Å²) < 4.78 is 2.96. The molecule has 0 bridgehead atoms. The van der Waals surface area contributed by atoms with Gasteiger partial charge in [0.1, 0.15) is 6.54 Å². The van der Waals surface area contributed by atoms with Crippen LogP contribution in [0.2, 0.25) is 0 Å². The maximum Gasteiger partial charge on any atom is 0.244 e. The van der Waals surface area contributed by atoms with Crippen LogP contribution >= 0.6 is 22.6 Å². The molecule has 1 aromatic heterocycles. The molecule has 1 aliphatic rings. The standard InChI is InChI=1S/C16H18IN3O/c1-11-16(17)12(2)20(18-11)10-15(21)19-8-7-13-5-3-4-6-14(13)9-19/h3-6H,7-10H2,1-2H3. The second-order valence-electron chi connectivity index (χ2n) is 5.48. The summed E-state index contributed by atoms with van der Waals surface area (Å²) in [7, 11) is 0. The van der Waals surface area contributed by atoms with E-state index in [1.807, 2.05) is 29.5 Å². The van der Waals surface area contributed by atoms with Crippen molar-refractivity contribution in [2.24, 2.45) is 0 Å². The Morgan fingerprint density at radius 2 is 2.00 bits per heavy atom. The van der Waals surface area contributed by atoms with Crippen LogP contribution in [-0.2, 0) is 24.3 Å². The molecule has 2 aromatic rings. The van der Waals surface area contributed by atoms with E-state index in [-0.39, 0.29) is 5.91 Å². The van der Waals surface area contributed by atoms with Gasteiger partial charge in [0, 0.05) is 18.8 Å². The molecule has 1 aliphatic heterocycles. The lowest BCUT2D eigenvalue weighted by atomic mass is 10.00. The van der Waals surface area contributed by atoms with Gasteiger partial charge in [0.25, 0.3) is 0 Å². The van der Waals surface area contributed by atoms with E-state index in [0.717, 1.165) is 27.9 Å². The summed E-state index contributed by atoms with van der Waals surface area (Å²) >= 11 is 2.28. The number of aryl methyl sites for hydroxylation is 1. The van der Waals surface area contributed by atoms with E-state index in [1.54, 1.807) is 0 Å². The summed E-state index contributed by atoms with van der Waals surface area (Å²) in [5, 5.41) is 4.45. The highest BCUT2D eigenvalue weighted by molar-refractivity contribution is 14.1. The number of halogens is 1. The second kappa shape index (κ2) is 5.79. The number of hydrogen-bond donors (Lipinski definition) is 0. The first kappa shape index (κ1) is 14.6. The molecule has 2 heterocycles. The number of rotatable bonds is 2. The maximum absolute atomic E-state index is 12.5. The fourth-order valence-electron chi connectivity index (χ4n) is 2.77. The van der Waals surface area contributed by atoms with Crippen LogP contribution in [0.25, 0.3) is 0 Å². The normalized spacial score (nSPS) is 14.1. The third-order valence-corrected chi connectivity index (χ3v) is 5.62. The number of carbonyl (C=O) groups is 1. The molecule has 0 aliphatic carbocycles. The molecule has 0 saturated heterocycles. The number of amides is 1. The van der Waals surface area contributed by atoms with E-state index in [9.17, 15) is 4.79 Å². The van der Waals surface area contributed by atoms with Gasteiger partial charge in [-0.1, -0.05) is 24.3 Å². The SMILES string of the molecule is Cc1nn(CC(=O)N2CCc3ccccc3C2)c(C)c1I. The Labute approximate surface area is 138 Å². The lowest BCUT2D eigenvalue weighted by Crippen LogP contribution is -2.38. The molecule has 0 radical (unpaired) electrons. The lowest BCUT2D eigenvalue weighted by molar-refractivity contribution is -0.133. The number of carbonyl (C=O) groups excluding carboxylic acids is 1. The van der Waals surface area contributed by atoms with Crippen LogP contribution in [0.3, 0.4) is 0 Å². The van der Waals surface area contributed by atoms with Crippen LogP contribution in [0.5, 0.6) is 0 Å². The van der Waals surface area contributed by atoms with E-state index in [2.05, 4.69) is 45.9 Å². The van der Waals surface area contributed by atoms with Gasteiger partial charge in [-0.05, 0) is 54.0 Å². The van der Waals surface area contributed by atoms with Crippen LogP contribution in [0.4, 0.5) is 0 Å². The van der Waals surface area contributed by atoms with Gasteiger partial charge < -0.3 is 4.90 Å². The van der Waals surface area contributed by atoms with Crippen molar-refractivity contribution in [2.75, 3.05) is 6.54 Å². The summed E-state index contributed by atoms with van der Waals surface area (Å²) in [6, 6.07) is 8.37. The van der Waals surface area contributed by atoms with Crippen molar-refractivity contribution in [3.8, 4) is 0 Å².